The Morgan fingerprint density at radius 1 is 1.00 bits per heavy atom. The molecule has 1 aromatic heterocycles. The van der Waals surface area contributed by atoms with Gasteiger partial charge in [-0.1, -0.05) is 6.07 Å². The van der Waals surface area contributed by atoms with Gasteiger partial charge in [0, 0.05) is 12.1 Å². The molecule has 0 spiro atoms. The summed E-state index contributed by atoms with van der Waals surface area (Å²) in [7, 11) is -4.26. The first-order chi connectivity index (χ1) is 13.7. The number of carbonyl (C=O) groups excluding carboxylic acids is 1. The molecular formula is C18H12F3N3O4S. The lowest BCUT2D eigenvalue weighted by molar-refractivity contribution is -0.117. The molecule has 0 aliphatic rings. The molecule has 7 nitrogen and oxygen atoms in total. The molecule has 0 bridgehead atoms. The Balaban J connectivity index is 1.88. The van der Waals surface area contributed by atoms with E-state index in [1.165, 1.54) is 6.07 Å². The molecule has 150 valence electrons. The first-order valence-electron chi connectivity index (χ1n) is 8.00. The van der Waals surface area contributed by atoms with Crippen molar-refractivity contribution in [2.75, 3.05) is 5.32 Å². The summed E-state index contributed by atoms with van der Waals surface area (Å²) in [6.45, 7) is -0.763. The summed E-state index contributed by atoms with van der Waals surface area (Å²) in [6.07, 6.45) is 0. The van der Waals surface area contributed by atoms with Crippen molar-refractivity contribution in [2.24, 2.45) is 0 Å². The lowest BCUT2D eigenvalue weighted by atomic mass is 10.3. The second-order valence-corrected chi connectivity index (χ2v) is 7.70. The van der Waals surface area contributed by atoms with Crippen molar-refractivity contribution in [3.8, 4) is 0 Å². The predicted molar refractivity (Wildman–Crippen MR) is 95.3 cm³/mol. The lowest BCUT2D eigenvalue weighted by Gasteiger charge is -2.09. The van der Waals surface area contributed by atoms with Crippen LogP contribution < -0.4 is 10.9 Å². The summed E-state index contributed by atoms with van der Waals surface area (Å²) in [4.78, 5) is 23.6. The van der Waals surface area contributed by atoms with Crippen LogP contribution >= 0.6 is 0 Å². The largest absolute Gasteiger partial charge is 0.322 e. The number of carbonyl (C=O) groups is 1. The van der Waals surface area contributed by atoms with Crippen LogP contribution in [0.3, 0.4) is 0 Å². The van der Waals surface area contributed by atoms with Gasteiger partial charge in [-0.25, -0.2) is 26.3 Å². The molecule has 3 rings (SSSR count). The van der Waals surface area contributed by atoms with Gasteiger partial charge in [0.15, 0.2) is 5.03 Å². The molecule has 1 amide bonds. The number of nitrogens with one attached hydrogen (secondary N) is 1. The molecule has 0 atom stereocenters. The van der Waals surface area contributed by atoms with Crippen LogP contribution in [0.2, 0.25) is 0 Å². The molecule has 0 saturated carbocycles. The highest BCUT2D eigenvalue weighted by Gasteiger charge is 2.21. The van der Waals surface area contributed by atoms with E-state index >= 15 is 0 Å². The summed E-state index contributed by atoms with van der Waals surface area (Å²) in [5.74, 6) is -3.41. The highest BCUT2D eigenvalue weighted by atomic mass is 32.2. The Labute approximate surface area is 162 Å². The van der Waals surface area contributed by atoms with Crippen molar-refractivity contribution in [1.82, 2.24) is 9.78 Å². The number of amides is 1. The summed E-state index contributed by atoms with van der Waals surface area (Å²) in [5, 5.41) is 5.12. The van der Waals surface area contributed by atoms with Crippen LogP contribution in [0.15, 0.2) is 69.3 Å². The standard InChI is InChI=1S/C18H12F3N3O4S/c19-11-2-1-3-13(8-11)29(27,28)17-6-7-18(26)24(23-17)10-16(25)22-15-9-12(20)4-5-14(15)21/h1-9H,10H2,(H,22,25). The average Bonchev–Trinajstić information content (AvgIpc) is 2.66. The van der Waals surface area contributed by atoms with E-state index in [1.54, 1.807) is 0 Å². The van der Waals surface area contributed by atoms with Crippen molar-refractivity contribution < 1.29 is 26.4 Å². The fraction of sp³-hybridized carbons (Fsp3) is 0.0556. The third-order valence-corrected chi connectivity index (χ3v) is 5.36. The van der Waals surface area contributed by atoms with E-state index in [2.05, 4.69) is 10.4 Å². The van der Waals surface area contributed by atoms with Gasteiger partial charge >= 0.3 is 0 Å². The number of nitrogens with zero attached hydrogens (tertiary/aromatic N) is 2. The van der Waals surface area contributed by atoms with E-state index in [0.29, 0.717) is 4.68 Å². The maximum Gasteiger partial charge on any atom is 0.267 e. The van der Waals surface area contributed by atoms with E-state index in [1.807, 2.05) is 0 Å². The van der Waals surface area contributed by atoms with Gasteiger partial charge in [0.05, 0.1) is 10.6 Å². The summed E-state index contributed by atoms with van der Waals surface area (Å²) < 4.78 is 65.8. The molecule has 1 heterocycles. The maximum atomic E-state index is 13.6. The van der Waals surface area contributed by atoms with Crippen LogP contribution in [0.5, 0.6) is 0 Å². The summed E-state index contributed by atoms with van der Waals surface area (Å²) >= 11 is 0. The molecule has 3 aromatic rings. The summed E-state index contributed by atoms with van der Waals surface area (Å²) in [5.41, 5.74) is -1.26. The quantitative estimate of drug-likeness (QED) is 0.678. The molecule has 0 aliphatic carbocycles. The minimum atomic E-state index is -4.26. The number of aromatic nitrogens is 2. The second kappa shape index (κ2) is 7.87. The molecule has 11 heteroatoms. The van der Waals surface area contributed by atoms with E-state index in [4.69, 9.17) is 0 Å². The Bertz CT molecular complexity index is 1260. The Morgan fingerprint density at radius 2 is 1.72 bits per heavy atom. The van der Waals surface area contributed by atoms with Gasteiger partial charge in [0.2, 0.25) is 15.7 Å². The minimum Gasteiger partial charge on any atom is -0.322 e. The Morgan fingerprint density at radius 3 is 2.45 bits per heavy atom. The Kier molecular flexibility index (Phi) is 5.50. The highest BCUT2D eigenvalue weighted by molar-refractivity contribution is 7.91. The predicted octanol–water partition coefficient (Wildman–Crippen LogP) is 2.13. The molecular weight excluding hydrogens is 411 g/mol. The zero-order valence-electron chi connectivity index (χ0n) is 14.5. The van der Waals surface area contributed by atoms with Gasteiger partial charge in [-0.15, -0.1) is 0 Å². The SMILES string of the molecule is O=C(Cn1nc(S(=O)(=O)c2cccc(F)c2)ccc1=O)Nc1cc(F)ccc1F. The lowest BCUT2D eigenvalue weighted by Crippen LogP contribution is -2.30. The monoisotopic (exact) mass is 423 g/mol. The maximum absolute atomic E-state index is 13.6. The van der Waals surface area contributed by atoms with Crippen LogP contribution in [-0.4, -0.2) is 24.1 Å². The molecule has 0 saturated heterocycles. The fourth-order valence-corrected chi connectivity index (χ4v) is 3.58. The highest BCUT2D eigenvalue weighted by Crippen LogP contribution is 2.19. The van der Waals surface area contributed by atoms with Crippen molar-refractivity contribution in [2.45, 2.75) is 16.5 Å². The topological polar surface area (TPSA) is 98.1 Å². The van der Waals surface area contributed by atoms with Crippen LogP contribution in [0.4, 0.5) is 18.9 Å². The van der Waals surface area contributed by atoms with Gasteiger partial charge < -0.3 is 5.32 Å². The molecule has 0 fully saturated rings. The van der Waals surface area contributed by atoms with E-state index in [0.717, 1.165) is 48.5 Å². The van der Waals surface area contributed by atoms with Crippen molar-refractivity contribution in [3.05, 3.63) is 82.4 Å². The van der Waals surface area contributed by atoms with Crippen LogP contribution in [0, 0.1) is 17.5 Å². The minimum absolute atomic E-state index is 0.388. The van der Waals surface area contributed by atoms with E-state index < -0.39 is 56.0 Å². The second-order valence-electron chi connectivity index (χ2n) is 5.80. The number of hydrogen-bond acceptors (Lipinski definition) is 5. The zero-order chi connectivity index (χ0) is 21.2. The number of halogens is 3. The number of rotatable bonds is 5. The van der Waals surface area contributed by atoms with E-state index in [-0.39, 0.29) is 4.90 Å². The first-order valence-corrected chi connectivity index (χ1v) is 9.49. The van der Waals surface area contributed by atoms with Crippen molar-refractivity contribution >= 4 is 21.4 Å². The fourth-order valence-electron chi connectivity index (χ4n) is 2.36. The molecule has 0 unspecified atom stereocenters. The molecule has 1 N–H and O–H groups in total. The van der Waals surface area contributed by atoms with Gasteiger partial charge in [0.1, 0.15) is 24.0 Å². The van der Waals surface area contributed by atoms with E-state index in [9.17, 15) is 31.2 Å². The van der Waals surface area contributed by atoms with Crippen molar-refractivity contribution in [3.63, 3.8) is 0 Å². The van der Waals surface area contributed by atoms with Gasteiger partial charge in [-0.05, 0) is 36.4 Å². The zero-order valence-corrected chi connectivity index (χ0v) is 15.3. The summed E-state index contributed by atoms with van der Waals surface area (Å²) in [6, 6.07) is 8.38. The number of anilines is 1. The van der Waals surface area contributed by atoms with Gasteiger partial charge in [-0.2, -0.15) is 5.10 Å². The van der Waals surface area contributed by atoms with Crippen LogP contribution in [0.1, 0.15) is 0 Å². The molecule has 29 heavy (non-hydrogen) atoms. The third kappa shape index (κ3) is 4.51. The molecule has 0 radical (unpaired) electrons. The Hall–Kier alpha value is -3.47. The average molecular weight is 423 g/mol. The molecule has 0 aliphatic heterocycles. The number of benzene rings is 2. The third-order valence-electron chi connectivity index (χ3n) is 3.72. The van der Waals surface area contributed by atoms with Crippen LogP contribution in [0.25, 0.3) is 0 Å². The van der Waals surface area contributed by atoms with Crippen molar-refractivity contribution in [1.29, 1.82) is 0 Å². The normalized spacial score (nSPS) is 11.3. The molecule has 2 aromatic carbocycles. The number of hydrogen-bond donors (Lipinski definition) is 1. The first kappa shape index (κ1) is 20.3. The van der Waals surface area contributed by atoms with Gasteiger partial charge in [0.25, 0.3) is 5.56 Å². The van der Waals surface area contributed by atoms with Crippen LogP contribution in [-0.2, 0) is 21.2 Å². The van der Waals surface area contributed by atoms with Gasteiger partial charge in [-0.3, -0.25) is 9.59 Å². The smallest absolute Gasteiger partial charge is 0.267 e. The number of sulfone groups is 1.